The molecule has 0 unspecified atom stereocenters. The van der Waals surface area contributed by atoms with Crippen LogP contribution in [0.3, 0.4) is 0 Å². The number of carbonyl (C=O) groups excluding carboxylic acids is 1. The Labute approximate surface area is 141 Å². The fourth-order valence-corrected chi connectivity index (χ4v) is 4.21. The second kappa shape index (κ2) is 6.36. The Morgan fingerprint density at radius 1 is 1.17 bits per heavy atom. The number of amides is 1. The second-order valence-electron chi connectivity index (χ2n) is 6.79. The van der Waals surface area contributed by atoms with Crippen LogP contribution in [0.4, 0.5) is 0 Å². The number of carbonyl (C=O) groups is 1. The zero-order chi connectivity index (χ0) is 16.5. The van der Waals surface area contributed by atoms with E-state index in [1.165, 1.54) is 12.8 Å². The van der Waals surface area contributed by atoms with Crippen LogP contribution >= 0.6 is 0 Å². The molecule has 2 saturated heterocycles. The van der Waals surface area contributed by atoms with Gasteiger partial charge in [0.1, 0.15) is 0 Å². The van der Waals surface area contributed by atoms with E-state index in [1.807, 2.05) is 12.1 Å². The maximum atomic E-state index is 13.2. The van der Waals surface area contributed by atoms with E-state index in [2.05, 4.69) is 32.0 Å². The van der Waals surface area contributed by atoms with Crippen molar-refractivity contribution in [2.75, 3.05) is 20.1 Å². The predicted molar refractivity (Wildman–Crippen MR) is 91.5 cm³/mol. The lowest BCUT2D eigenvalue weighted by Crippen LogP contribution is -2.47. The molecule has 6 heteroatoms. The van der Waals surface area contributed by atoms with Gasteiger partial charge in [0.2, 0.25) is 0 Å². The molecule has 0 aromatic carbocycles. The van der Waals surface area contributed by atoms with E-state index in [0.717, 1.165) is 37.2 Å². The average Bonchev–Trinajstić information content (AvgIpc) is 3.34. The first-order valence-electron chi connectivity index (χ1n) is 8.70. The van der Waals surface area contributed by atoms with Crippen LogP contribution in [-0.2, 0) is 0 Å². The van der Waals surface area contributed by atoms with Crippen molar-refractivity contribution in [3.8, 4) is 11.3 Å². The SMILES string of the molecule is CN1CCC[C@@H]1[C@@H]1CCCN1C(=O)c1cn[nH]c1-c1ccncc1. The van der Waals surface area contributed by atoms with Crippen molar-refractivity contribution in [2.24, 2.45) is 0 Å². The van der Waals surface area contributed by atoms with Crippen LogP contribution in [0.5, 0.6) is 0 Å². The van der Waals surface area contributed by atoms with E-state index in [1.54, 1.807) is 18.6 Å². The molecule has 2 aliphatic heterocycles. The van der Waals surface area contributed by atoms with Gasteiger partial charge < -0.3 is 9.80 Å². The van der Waals surface area contributed by atoms with E-state index in [0.29, 0.717) is 17.6 Å². The van der Waals surface area contributed by atoms with Gasteiger partial charge in [0.25, 0.3) is 5.91 Å². The van der Waals surface area contributed by atoms with Crippen LogP contribution in [0.25, 0.3) is 11.3 Å². The molecule has 2 aliphatic rings. The second-order valence-corrected chi connectivity index (χ2v) is 6.79. The Bertz CT molecular complexity index is 713. The molecule has 4 heterocycles. The van der Waals surface area contributed by atoms with Crippen molar-refractivity contribution in [1.29, 1.82) is 0 Å². The standard InChI is InChI=1S/C18H23N5O/c1-22-10-2-4-15(22)16-5-3-11-23(16)18(24)14-12-20-21-17(14)13-6-8-19-9-7-13/h6-9,12,15-16H,2-5,10-11H2,1H3,(H,20,21)/t15-,16+/m1/s1. The lowest BCUT2D eigenvalue weighted by molar-refractivity contribution is 0.0665. The zero-order valence-electron chi connectivity index (χ0n) is 14.0. The summed E-state index contributed by atoms with van der Waals surface area (Å²) in [5.41, 5.74) is 2.39. The molecular formula is C18H23N5O. The van der Waals surface area contributed by atoms with Gasteiger partial charge in [-0.3, -0.25) is 14.9 Å². The number of H-pyrrole nitrogens is 1. The van der Waals surface area contributed by atoms with Crippen LogP contribution in [0.2, 0.25) is 0 Å². The third-order valence-corrected chi connectivity index (χ3v) is 5.42. The lowest BCUT2D eigenvalue weighted by atomic mass is 10.0. The molecule has 0 aliphatic carbocycles. The topological polar surface area (TPSA) is 65.1 Å². The van der Waals surface area contributed by atoms with E-state index in [9.17, 15) is 4.79 Å². The third kappa shape index (κ3) is 2.60. The first-order valence-corrected chi connectivity index (χ1v) is 8.70. The average molecular weight is 325 g/mol. The van der Waals surface area contributed by atoms with Gasteiger partial charge in [0.05, 0.1) is 17.5 Å². The predicted octanol–water partition coefficient (Wildman–Crippen LogP) is 2.17. The lowest BCUT2D eigenvalue weighted by Gasteiger charge is -2.33. The summed E-state index contributed by atoms with van der Waals surface area (Å²) in [7, 11) is 2.18. The highest BCUT2D eigenvalue weighted by Gasteiger charge is 2.39. The third-order valence-electron chi connectivity index (χ3n) is 5.42. The summed E-state index contributed by atoms with van der Waals surface area (Å²) in [6, 6.07) is 4.62. The minimum atomic E-state index is 0.0957. The molecule has 126 valence electrons. The van der Waals surface area contributed by atoms with Crippen molar-refractivity contribution in [2.45, 2.75) is 37.8 Å². The number of likely N-dealkylation sites (tertiary alicyclic amines) is 2. The molecule has 6 nitrogen and oxygen atoms in total. The largest absolute Gasteiger partial charge is 0.334 e. The summed E-state index contributed by atoms with van der Waals surface area (Å²) in [6.07, 6.45) is 9.73. The number of hydrogen-bond donors (Lipinski definition) is 1. The molecule has 1 amide bonds. The molecule has 2 fully saturated rings. The van der Waals surface area contributed by atoms with Gasteiger partial charge in [-0.2, -0.15) is 5.10 Å². The Balaban J connectivity index is 1.61. The molecular weight excluding hydrogens is 302 g/mol. The van der Waals surface area contributed by atoms with Gasteiger partial charge in [-0.25, -0.2) is 0 Å². The summed E-state index contributed by atoms with van der Waals surface area (Å²) in [4.78, 5) is 21.7. The number of aromatic amines is 1. The molecule has 2 aromatic rings. The number of nitrogens with zero attached hydrogens (tertiary/aromatic N) is 4. The Hall–Kier alpha value is -2.21. The molecule has 0 saturated carbocycles. The quantitative estimate of drug-likeness (QED) is 0.939. The van der Waals surface area contributed by atoms with Crippen LogP contribution < -0.4 is 0 Å². The minimum Gasteiger partial charge on any atom is -0.334 e. The fourth-order valence-electron chi connectivity index (χ4n) is 4.21. The molecule has 0 spiro atoms. The summed E-state index contributed by atoms with van der Waals surface area (Å²) < 4.78 is 0. The highest BCUT2D eigenvalue weighted by Crippen LogP contribution is 2.31. The van der Waals surface area contributed by atoms with E-state index < -0.39 is 0 Å². The van der Waals surface area contributed by atoms with Crippen molar-refractivity contribution in [3.05, 3.63) is 36.3 Å². The van der Waals surface area contributed by atoms with E-state index in [-0.39, 0.29) is 5.91 Å². The Morgan fingerprint density at radius 3 is 2.67 bits per heavy atom. The molecule has 24 heavy (non-hydrogen) atoms. The molecule has 2 atom stereocenters. The Morgan fingerprint density at radius 2 is 1.92 bits per heavy atom. The number of hydrogen-bond acceptors (Lipinski definition) is 4. The highest BCUT2D eigenvalue weighted by molar-refractivity contribution is 6.00. The van der Waals surface area contributed by atoms with Gasteiger partial charge in [-0.1, -0.05) is 0 Å². The van der Waals surface area contributed by atoms with Crippen LogP contribution in [0, 0.1) is 0 Å². The maximum absolute atomic E-state index is 13.2. The number of pyridine rings is 1. The monoisotopic (exact) mass is 325 g/mol. The highest BCUT2D eigenvalue weighted by atomic mass is 16.2. The number of rotatable bonds is 3. The van der Waals surface area contributed by atoms with Gasteiger partial charge in [-0.15, -0.1) is 0 Å². The Kier molecular flexibility index (Phi) is 4.06. The van der Waals surface area contributed by atoms with Crippen LogP contribution in [0.15, 0.2) is 30.7 Å². The zero-order valence-corrected chi connectivity index (χ0v) is 14.0. The van der Waals surface area contributed by atoms with Gasteiger partial charge in [0, 0.05) is 36.6 Å². The number of aromatic nitrogens is 3. The number of nitrogens with one attached hydrogen (secondary N) is 1. The molecule has 0 radical (unpaired) electrons. The van der Waals surface area contributed by atoms with Gasteiger partial charge >= 0.3 is 0 Å². The summed E-state index contributed by atoms with van der Waals surface area (Å²) >= 11 is 0. The first-order chi connectivity index (χ1) is 11.8. The molecule has 2 aromatic heterocycles. The van der Waals surface area contributed by atoms with Gasteiger partial charge in [-0.05, 0) is 51.4 Å². The van der Waals surface area contributed by atoms with Crippen molar-refractivity contribution >= 4 is 5.91 Å². The molecule has 4 rings (SSSR count). The first kappa shape index (κ1) is 15.3. The molecule has 0 bridgehead atoms. The fraction of sp³-hybridized carbons (Fsp3) is 0.500. The van der Waals surface area contributed by atoms with Crippen molar-refractivity contribution in [1.82, 2.24) is 25.0 Å². The normalized spacial score (nSPS) is 24.6. The summed E-state index contributed by atoms with van der Waals surface area (Å²) in [5.74, 6) is 0.0957. The van der Waals surface area contributed by atoms with Crippen molar-refractivity contribution in [3.63, 3.8) is 0 Å². The van der Waals surface area contributed by atoms with Crippen molar-refractivity contribution < 1.29 is 4.79 Å². The maximum Gasteiger partial charge on any atom is 0.257 e. The molecule has 1 N–H and O–H groups in total. The number of likely N-dealkylation sites (N-methyl/N-ethyl adjacent to an activating group) is 1. The summed E-state index contributed by atoms with van der Waals surface area (Å²) in [5, 5.41) is 7.11. The minimum absolute atomic E-state index is 0.0957. The van der Waals surface area contributed by atoms with Crippen LogP contribution in [0.1, 0.15) is 36.0 Å². The van der Waals surface area contributed by atoms with Gasteiger partial charge in [0.15, 0.2) is 0 Å². The van der Waals surface area contributed by atoms with E-state index in [4.69, 9.17) is 0 Å². The van der Waals surface area contributed by atoms with E-state index >= 15 is 0 Å². The van der Waals surface area contributed by atoms with Crippen LogP contribution in [-0.4, -0.2) is 63.1 Å². The smallest absolute Gasteiger partial charge is 0.257 e. The summed E-state index contributed by atoms with van der Waals surface area (Å²) in [6.45, 7) is 1.98.